The van der Waals surface area contributed by atoms with Crippen molar-refractivity contribution in [3.63, 3.8) is 0 Å². The molecule has 6 nitrogen and oxygen atoms in total. The second kappa shape index (κ2) is 5.09. The molecule has 1 heterocycles. The zero-order chi connectivity index (χ0) is 11.3. The first-order valence-electron chi connectivity index (χ1n) is 4.73. The van der Waals surface area contributed by atoms with Gasteiger partial charge in [-0.05, 0) is 6.92 Å². The summed E-state index contributed by atoms with van der Waals surface area (Å²) in [6, 6.07) is 0. The van der Waals surface area contributed by atoms with Crippen molar-refractivity contribution in [2.24, 2.45) is 0 Å². The Hall–Kier alpha value is -1.14. The van der Waals surface area contributed by atoms with Gasteiger partial charge in [-0.25, -0.2) is 0 Å². The monoisotopic (exact) mass is 218 g/mol. The minimum atomic E-state index is -1.34. The van der Waals surface area contributed by atoms with Crippen LogP contribution in [0.4, 0.5) is 0 Å². The van der Waals surface area contributed by atoms with Crippen LogP contribution in [0, 0.1) is 0 Å². The summed E-state index contributed by atoms with van der Waals surface area (Å²) >= 11 is 0. The molecule has 0 aromatic rings. The number of carbonyl (C=O) groups excluding carboxylic acids is 1. The maximum atomic E-state index is 11.2. The Labute approximate surface area is 87.1 Å². The van der Waals surface area contributed by atoms with Crippen molar-refractivity contribution in [2.75, 3.05) is 19.8 Å². The van der Waals surface area contributed by atoms with E-state index >= 15 is 0 Å². The molecule has 1 fully saturated rings. The Morgan fingerprint density at radius 2 is 1.93 bits per heavy atom. The third-order valence-electron chi connectivity index (χ3n) is 1.95. The molecular formula is C9H14O6. The summed E-state index contributed by atoms with van der Waals surface area (Å²) in [7, 11) is 0. The summed E-state index contributed by atoms with van der Waals surface area (Å²) in [5.41, 5.74) is 0. The van der Waals surface area contributed by atoms with Crippen molar-refractivity contribution in [2.45, 2.75) is 25.6 Å². The number of esters is 1. The molecule has 0 radical (unpaired) electrons. The van der Waals surface area contributed by atoms with Crippen molar-refractivity contribution in [1.29, 1.82) is 0 Å². The molecule has 1 aliphatic heterocycles. The Balaban J connectivity index is 2.56. The van der Waals surface area contributed by atoms with Gasteiger partial charge < -0.3 is 19.3 Å². The van der Waals surface area contributed by atoms with E-state index in [1.807, 2.05) is 0 Å². The zero-order valence-electron chi connectivity index (χ0n) is 8.52. The summed E-state index contributed by atoms with van der Waals surface area (Å²) in [4.78, 5) is 21.8. The lowest BCUT2D eigenvalue weighted by Crippen LogP contribution is -2.36. The van der Waals surface area contributed by atoms with Gasteiger partial charge in [-0.1, -0.05) is 0 Å². The first-order chi connectivity index (χ1) is 7.08. The number of carboxylic acid groups (broad SMARTS) is 1. The van der Waals surface area contributed by atoms with E-state index in [2.05, 4.69) is 0 Å². The highest BCUT2D eigenvalue weighted by atomic mass is 16.7. The molecule has 1 saturated heterocycles. The quantitative estimate of drug-likeness (QED) is 0.662. The molecule has 0 saturated carbocycles. The molecule has 1 N–H and O–H groups in total. The van der Waals surface area contributed by atoms with Crippen LogP contribution in [0.2, 0.25) is 0 Å². The second-order valence-electron chi connectivity index (χ2n) is 3.16. The predicted molar refractivity (Wildman–Crippen MR) is 48.1 cm³/mol. The van der Waals surface area contributed by atoms with Crippen molar-refractivity contribution < 1.29 is 28.9 Å². The predicted octanol–water partition coefficient (Wildman–Crippen LogP) is 0.157. The molecule has 0 unspecified atom stereocenters. The number of hydrogen-bond acceptors (Lipinski definition) is 5. The number of hydrogen-bond donors (Lipinski definition) is 1. The smallest absolute Gasteiger partial charge is 0.311 e. The maximum Gasteiger partial charge on any atom is 0.311 e. The number of ether oxygens (including phenoxy) is 3. The maximum absolute atomic E-state index is 11.2. The van der Waals surface area contributed by atoms with E-state index in [0.717, 1.165) is 0 Å². The van der Waals surface area contributed by atoms with Gasteiger partial charge >= 0.3 is 11.9 Å². The largest absolute Gasteiger partial charge is 0.481 e. The van der Waals surface area contributed by atoms with E-state index in [9.17, 15) is 9.59 Å². The lowest BCUT2D eigenvalue weighted by atomic mass is 10.1. The molecule has 86 valence electrons. The average molecular weight is 218 g/mol. The van der Waals surface area contributed by atoms with Crippen molar-refractivity contribution in [3.8, 4) is 0 Å². The second-order valence-corrected chi connectivity index (χ2v) is 3.16. The average Bonchev–Trinajstić information content (AvgIpc) is 2.51. The minimum absolute atomic E-state index is 0.187. The van der Waals surface area contributed by atoms with Gasteiger partial charge in [0.2, 0.25) is 0 Å². The lowest BCUT2D eigenvalue weighted by Gasteiger charge is -2.24. The van der Waals surface area contributed by atoms with E-state index < -0.39 is 17.7 Å². The van der Waals surface area contributed by atoms with Gasteiger partial charge in [-0.2, -0.15) is 0 Å². The fourth-order valence-electron chi connectivity index (χ4n) is 1.43. The SMILES string of the molecule is CCOC(=O)CC1(CC(=O)O)OCCO1. The molecule has 15 heavy (non-hydrogen) atoms. The van der Waals surface area contributed by atoms with Crippen molar-refractivity contribution in [3.05, 3.63) is 0 Å². The van der Waals surface area contributed by atoms with Crippen LogP contribution < -0.4 is 0 Å². The molecule has 0 spiro atoms. The Kier molecular flexibility index (Phi) is 4.05. The van der Waals surface area contributed by atoms with Gasteiger partial charge in [0.15, 0.2) is 5.79 Å². The van der Waals surface area contributed by atoms with Crippen LogP contribution in [-0.2, 0) is 23.8 Å². The molecule has 0 aromatic heterocycles. The van der Waals surface area contributed by atoms with Crippen LogP contribution in [0.3, 0.4) is 0 Å². The molecule has 1 aliphatic rings. The van der Waals surface area contributed by atoms with Gasteiger partial charge in [0.1, 0.15) is 6.42 Å². The van der Waals surface area contributed by atoms with Crippen LogP contribution in [-0.4, -0.2) is 42.7 Å². The summed E-state index contributed by atoms with van der Waals surface area (Å²) in [6.07, 6.45) is -0.543. The van der Waals surface area contributed by atoms with Crippen LogP contribution in [0.5, 0.6) is 0 Å². The molecule has 0 aliphatic carbocycles. The van der Waals surface area contributed by atoms with E-state index in [0.29, 0.717) is 13.2 Å². The van der Waals surface area contributed by atoms with Gasteiger partial charge in [-0.3, -0.25) is 9.59 Å². The number of aliphatic carboxylic acids is 1. The van der Waals surface area contributed by atoms with Gasteiger partial charge in [-0.15, -0.1) is 0 Å². The number of carboxylic acids is 1. The zero-order valence-corrected chi connectivity index (χ0v) is 8.52. The summed E-state index contributed by atoms with van der Waals surface area (Å²) in [5, 5.41) is 8.67. The highest BCUT2D eigenvalue weighted by Gasteiger charge is 2.41. The van der Waals surface area contributed by atoms with Crippen LogP contribution >= 0.6 is 0 Å². The first kappa shape index (κ1) is 11.9. The van der Waals surface area contributed by atoms with Crippen LogP contribution in [0.1, 0.15) is 19.8 Å². The van der Waals surface area contributed by atoms with E-state index in [-0.39, 0.29) is 19.4 Å². The third kappa shape index (κ3) is 3.49. The van der Waals surface area contributed by atoms with Crippen LogP contribution in [0.25, 0.3) is 0 Å². The van der Waals surface area contributed by atoms with Gasteiger partial charge in [0.05, 0.1) is 26.2 Å². The van der Waals surface area contributed by atoms with Gasteiger partial charge in [0.25, 0.3) is 0 Å². The molecular weight excluding hydrogens is 204 g/mol. The van der Waals surface area contributed by atoms with E-state index in [4.69, 9.17) is 19.3 Å². The van der Waals surface area contributed by atoms with E-state index in [1.54, 1.807) is 6.92 Å². The standard InChI is InChI=1S/C9H14O6/c1-2-13-8(12)6-9(5-7(10)11)14-3-4-15-9/h2-6H2,1H3,(H,10,11). The summed E-state index contributed by atoms with van der Waals surface area (Å²) < 4.78 is 15.0. The molecule has 1 rings (SSSR count). The fraction of sp³-hybridized carbons (Fsp3) is 0.778. The topological polar surface area (TPSA) is 82.1 Å². The summed E-state index contributed by atoms with van der Waals surface area (Å²) in [6.45, 7) is 2.53. The van der Waals surface area contributed by atoms with E-state index in [1.165, 1.54) is 0 Å². The Bertz CT molecular complexity index is 243. The lowest BCUT2D eigenvalue weighted by molar-refractivity contribution is -0.191. The normalized spacial score (nSPS) is 18.7. The Morgan fingerprint density at radius 3 is 2.40 bits per heavy atom. The molecule has 0 amide bonds. The molecule has 0 aromatic carbocycles. The molecule has 0 bridgehead atoms. The Morgan fingerprint density at radius 1 is 1.33 bits per heavy atom. The minimum Gasteiger partial charge on any atom is -0.481 e. The molecule has 0 atom stereocenters. The third-order valence-corrected chi connectivity index (χ3v) is 1.95. The van der Waals surface area contributed by atoms with Crippen molar-refractivity contribution >= 4 is 11.9 Å². The number of carbonyl (C=O) groups is 2. The van der Waals surface area contributed by atoms with Gasteiger partial charge in [0, 0.05) is 0 Å². The molecule has 6 heteroatoms. The summed E-state index contributed by atoms with van der Waals surface area (Å²) in [5.74, 6) is -2.92. The van der Waals surface area contributed by atoms with Crippen molar-refractivity contribution in [1.82, 2.24) is 0 Å². The highest BCUT2D eigenvalue weighted by Crippen LogP contribution is 2.27. The van der Waals surface area contributed by atoms with Crippen LogP contribution in [0.15, 0.2) is 0 Å². The number of rotatable bonds is 5. The highest BCUT2D eigenvalue weighted by molar-refractivity contribution is 5.73. The first-order valence-corrected chi connectivity index (χ1v) is 4.73. The fourth-order valence-corrected chi connectivity index (χ4v) is 1.43.